The van der Waals surface area contributed by atoms with Crippen LogP contribution in [0.2, 0.25) is 0 Å². The quantitative estimate of drug-likeness (QED) is 0.239. The van der Waals surface area contributed by atoms with Crippen molar-refractivity contribution < 1.29 is 44.2 Å². The van der Waals surface area contributed by atoms with E-state index in [4.69, 9.17) is 14.6 Å². The Bertz CT molecular complexity index is 411. The van der Waals surface area contributed by atoms with Gasteiger partial charge in [-0.25, -0.2) is 0 Å². The maximum Gasteiger partial charge on any atom is 0.310 e. The molecular weight excluding hydrogens is 312 g/mol. The first kappa shape index (κ1) is 19.5. The Labute approximate surface area is 133 Å². The summed E-state index contributed by atoms with van der Waals surface area (Å²) in [5.41, 5.74) is 0. The Morgan fingerprint density at radius 3 is 2.26 bits per heavy atom. The molecule has 132 valence electrons. The molecule has 9 nitrogen and oxygen atoms in total. The van der Waals surface area contributed by atoms with E-state index in [1.165, 1.54) is 0 Å². The molecule has 5 atom stereocenters. The number of carbonyl (C=O) groups excluding carboxylic acids is 2. The highest BCUT2D eigenvalue weighted by atomic mass is 16.7. The maximum absolute atomic E-state index is 11.7. The first-order valence-corrected chi connectivity index (χ1v) is 7.21. The molecule has 1 saturated heterocycles. The van der Waals surface area contributed by atoms with Gasteiger partial charge in [0.15, 0.2) is 12.4 Å². The van der Waals surface area contributed by atoms with Crippen LogP contribution in [0, 0.1) is 0 Å². The highest BCUT2D eigenvalue weighted by Gasteiger charge is 2.45. The van der Waals surface area contributed by atoms with Crippen molar-refractivity contribution in [2.75, 3.05) is 6.61 Å². The van der Waals surface area contributed by atoms with E-state index < -0.39 is 49.3 Å². The molecule has 0 aromatic carbocycles. The van der Waals surface area contributed by atoms with Gasteiger partial charge >= 0.3 is 11.9 Å². The van der Waals surface area contributed by atoms with Gasteiger partial charge in [-0.05, 0) is 12.8 Å². The van der Waals surface area contributed by atoms with Crippen molar-refractivity contribution in [1.82, 2.24) is 0 Å². The van der Waals surface area contributed by atoms with Crippen LogP contribution in [-0.2, 0) is 23.8 Å². The maximum atomic E-state index is 11.7. The molecule has 0 aromatic rings. The summed E-state index contributed by atoms with van der Waals surface area (Å²) in [4.78, 5) is 22.7. The molecule has 23 heavy (non-hydrogen) atoms. The largest absolute Gasteiger partial charge is 0.454 e. The van der Waals surface area contributed by atoms with Crippen LogP contribution in [-0.4, -0.2) is 69.7 Å². The van der Waals surface area contributed by atoms with E-state index >= 15 is 0 Å². The van der Waals surface area contributed by atoms with Gasteiger partial charge in [0.1, 0.15) is 18.3 Å². The van der Waals surface area contributed by atoms with E-state index in [1.807, 2.05) is 0 Å². The van der Waals surface area contributed by atoms with Gasteiger partial charge in [0, 0.05) is 12.8 Å². The Morgan fingerprint density at radius 2 is 1.70 bits per heavy atom. The summed E-state index contributed by atoms with van der Waals surface area (Å²) in [5, 5.41) is 38.1. The average Bonchev–Trinajstić information content (AvgIpc) is 2.52. The fourth-order valence-corrected chi connectivity index (χ4v) is 2.10. The minimum Gasteiger partial charge on any atom is -0.454 e. The monoisotopic (exact) mass is 334 g/mol. The molecule has 0 aliphatic carbocycles. The lowest BCUT2D eigenvalue weighted by atomic mass is 9.99. The fourth-order valence-electron chi connectivity index (χ4n) is 2.10. The second-order valence-electron chi connectivity index (χ2n) is 5.05. The third-order valence-electron chi connectivity index (χ3n) is 3.34. The molecule has 1 rings (SSSR count). The number of hydrogen-bond donors (Lipinski definition) is 4. The number of unbranched alkanes of at least 4 members (excludes halogenated alkanes) is 1. The summed E-state index contributed by atoms with van der Waals surface area (Å²) in [6, 6.07) is 0. The minimum absolute atomic E-state index is 0.0448. The molecule has 1 fully saturated rings. The second kappa shape index (κ2) is 9.58. The number of rotatable bonds is 8. The standard InChI is InChI=1S/C14H22O9/c1-2-21-9(16)5-3-4-6-10(17)23-13-12(19)11(18)8(7-15)22-14(13)20/h2,8,11-15,18-20H,1,3-7H2/t8-,11-,12-,13-,14?/m1/s1. The van der Waals surface area contributed by atoms with Crippen molar-refractivity contribution in [3.8, 4) is 0 Å². The molecule has 0 bridgehead atoms. The SMILES string of the molecule is C=COC(=O)CCCCC(=O)O[C@H]1C(O)O[C@H](CO)[C@@H](O)[C@H]1O. The zero-order valence-corrected chi connectivity index (χ0v) is 12.5. The highest BCUT2D eigenvalue weighted by molar-refractivity contribution is 5.71. The molecule has 1 aliphatic heterocycles. The second-order valence-corrected chi connectivity index (χ2v) is 5.05. The van der Waals surface area contributed by atoms with Crippen LogP contribution in [0.15, 0.2) is 12.8 Å². The molecule has 1 unspecified atom stereocenters. The summed E-state index contributed by atoms with van der Waals surface area (Å²) in [5.74, 6) is -1.18. The fraction of sp³-hybridized carbons (Fsp3) is 0.714. The van der Waals surface area contributed by atoms with Crippen LogP contribution in [0.4, 0.5) is 0 Å². The van der Waals surface area contributed by atoms with Crippen LogP contribution >= 0.6 is 0 Å². The summed E-state index contributed by atoms with van der Waals surface area (Å²) in [6.07, 6.45) is -5.51. The van der Waals surface area contributed by atoms with Crippen LogP contribution in [0.25, 0.3) is 0 Å². The van der Waals surface area contributed by atoms with Crippen LogP contribution in [0.3, 0.4) is 0 Å². The summed E-state index contributed by atoms with van der Waals surface area (Å²) in [6.45, 7) is 2.64. The van der Waals surface area contributed by atoms with E-state index in [2.05, 4.69) is 11.3 Å². The van der Waals surface area contributed by atoms with Gasteiger partial charge in [-0.2, -0.15) is 0 Å². The zero-order chi connectivity index (χ0) is 17.4. The predicted octanol–water partition coefficient (Wildman–Crippen LogP) is -1.42. The third kappa shape index (κ3) is 5.88. The van der Waals surface area contributed by atoms with Gasteiger partial charge in [-0.3, -0.25) is 9.59 Å². The molecule has 0 saturated carbocycles. The van der Waals surface area contributed by atoms with Gasteiger partial charge in [0.25, 0.3) is 0 Å². The van der Waals surface area contributed by atoms with Crippen LogP contribution < -0.4 is 0 Å². The lowest BCUT2D eigenvalue weighted by Gasteiger charge is -2.39. The van der Waals surface area contributed by atoms with E-state index in [0.29, 0.717) is 12.8 Å². The number of ether oxygens (including phenoxy) is 3. The number of aliphatic hydroxyl groups excluding tert-OH is 4. The molecule has 9 heteroatoms. The smallest absolute Gasteiger partial charge is 0.310 e. The Hall–Kier alpha value is -1.52. The van der Waals surface area contributed by atoms with E-state index in [-0.39, 0.29) is 12.8 Å². The number of aliphatic hydroxyl groups is 4. The molecule has 0 amide bonds. The Balaban J connectivity index is 2.35. The summed E-state index contributed by atoms with van der Waals surface area (Å²) in [7, 11) is 0. The first-order valence-electron chi connectivity index (χ1n) is 7.21. The third-order valence-corrected chi connectivity index (χ3v) is 3.34. The molecule has 4 N–H and O–H groups in total. The predicted molar refractivity (Wildman–Crippen MR) is 74.6 cm³/mol. The van der Waals surface area contributed by atoms with E-state index in [1.54, 1.807) is 0 Å². The molecular formula is C14H22O9. The normalized spacial score (nSPS) is 30.5. The van der Waals surface area contributed by atoms with Crippen molar-refractivity contribution in [3.05, 3.63) is 12.8 Å². The molecule has 1 aliphatic rings. The van der Waals surface area contributed by atoms with Crippen molar-refractivity contribution in [2.24, 2.45) is 0 Å². The lowest BCUT2D eigenvalue weighted by molar-refractivity contribution is -0.290. The average molecular weight is 334 g/mol. The van der Waals surface area contributed by atoms with Gasteiger partial charge in [-0.1, -0.05) is 6.58 Å². The molecule has 1 heterocycles. The van der Waals surface area contributed by atoms with Gasteiger partial charge in [0.05, 0.1) is 12.9 Å². The number of hydrogen-bond acceptors (Lipinski definition) is 9. The van der Waals surface area contributed by atoms with E-state index in [0.717, 1.165) is 6.26 Å². The van der Waals surface area contributed by atoms with Crippen molar-refractivity contribution in [1.29, 1.82) is 0 Å². The van der Waals surface area contributed by atoms with Crippen molar-refractivity contribution in [2.45, 2.75) is 56.4 Å². The first-order chi connectivity index (χ1) is 10.9. The lowest BCUT2D eigenvalue weighted by Crippen LogP contribution is -2.59. The Kier molecular flexibility index (Phi) is 8.13. The number of esters is 2. The minimum atomic E-state index is -1.66. The van der Waals surface area contributed by atoms with Gasteiger partial charge in [0.2, 0.25) is 0 Å². The van der Waals surface area contributed by atoms with Gasteiger partial charge < -0.3 is 34.6 Å². The molecule has 0 aromatic heterocycles. The topological polar surface area (TPSA) is 143 Å². The van der Waals surface area contributed by atoms with Crippen molar-refractivity contribution >= 4 is 11.9 Å². The van der Waals surface area contributed by atoms with E-state index in [9.17, 15) is 24.9 Å². The zero-order valence-electron chi connectivity index (χ0n) is 12.5. The summed E-state index contributed by atoms with van der Waals surface area (Å²) >= 11 is 0. The molecule has 0 spiro atoms. The van der Waals surface area contributed by atoms with Gasteiger partial charge in [-0.15, -0.1) is 0 Å². The highest BCUT2D eigenvalue weighted by Crippen LogP contribution is 2.22. The van der Waals surface area contributed by atoms with Crippen molar-refractivity contribution in [3.63, 3.8) is 0 Å². The Morgan fingerprint density at radius 1 is 1.09 bits per heavy atom. The van der Waals surface area contributed by atoms with Crippen LogP contribution in [0.5, 0.6) is 0 Å². The number of carbonyl (C=O) groups is 2. The summed E-state index contributed by atoms with van der Waals surface area (Å²) < 4.78 is 14.3. The molecule has 0 radical (unpaired) electrons. The van der Waals surface area contributed by atoms with Crippen LogP contribution in [0.1, 0.15) is 25.7 Å².